The van der Waals surface area contributed by atoms with Crippen molar-refractivity contribution in [3.05, 3.63) is 126 Å². The highest BCUT2D eigenvalue weighted by Gasteiger charge is 2.22. The highest BCUT2D eigenvalue weighted by atomic mass is 16.5. The first-order valence-corrected chi connectivity index (χ1v) is 14.8. The normalized spacial score (nSPS) is 11.1. The van der Waals surface area contributed by atoms with Crippen LogP contribution < -0.4 is 16.0 Å². The smallest absolute Gasteiger partial charge is 0.407 e. The molecule has 3 amide bonds. The Bertz CT molecular complexity index is 1560. The van der Waals surface area contributed by atoms with Crippen molar-refractivity contribution in [3.8, 4) is 11.1 Å². The Morgan fingerprint density at radius 3 is 2.11 bits per heavy atom. The van der Waals surface area contributed by atoms with Crippen LogP contribution >= 0.6 is 0 Å². The van der Waals surface area contributed by atoms with Gasteiger partial charge in [0.25, 0.3) is 5.91 Å². The molecule has 0 saturated carbocycles. The minimum absolute atomic E-state index is 0.145. The maximum atomic E-state index is 13.5. The van der Waals surface area contributed by atoms with Gasteiger partial charge in [-0.3, -0.25) is 14.4 Å². The Morgan fingerprint density at radius 2 is 1.40 bits per heavy atom. The number of alkyl carbamates (subject to hydrolysis) is 1. The molecule has 0 spiro atoms. The number of benzene rings is 4. The minimum atomic E-state index is -0.901. The molecule has 0 aromatic heterocycles. The number of hydrogen-bond acceptors (Lipinski definition) is 6. The number of esters is 1. The molecule has 0 saturated heterocycles. The van der Waals surface area contributed by atoms with E-state index >= 15 is 0 Å². The van der Waals surface area contributed by atoms with Crippen LogP contribution in [-0.2, 0) is 32.1 Å². The largest absolute Gasteiger partial charge is 0.469 e. The van der Waals surface area contributed by atoms with E-state index in [4.69, 9.17) is 9.47 Å². The number of nitrogens with one attached hydrogen (secondary N) is 3. The maximum absolute atomic E-state index is 13.5. The van der Waals surface area contributed by atoms with Crippen molar-refractivity contribution < 1.29 is 28.7 Å². The van der Waals surface area contributed by atoms with Gasteiger partial charge in [-0.1, -0.05) is 91.0 Å². The second-order valence-corrected chi connectivity index (χ2v) is 10.3. The van der Waals surface area contributed by atoms with E-state index in [0.717, 1.165) is 22.3 Å². The predicted molar refractivity (Wildman–Crippen MR) is 172 cm³/mol. The molecule has 0 heterocycles. The van der Waals surface area contributed by atoms with Crippen LogP contribution in [0.2, 0.25) is 0 Å². The zero-order valence-electron chi connectivity index (χ0n) is 25.2. The molecule has 0 aliphatic rings. The fourth-order valence-corrected chi connectivity index (χ4v) is 4.64. The lowest BCUT2D eigenvalue weighted by atomic mass is 10.0. The van der Waals surface area contributed by atoms with Crippen molar-refractivity contribution in [3.63, 3.8) is 0 Å². The highest BCUT2D eigenvalue weighted by molar-refractivity contribution is 6.01. The van der Waals surface area contributed by atoms with Gasteiger partial charge in [0.05, 0.1) is 7.11 Å². The molecule has 9 heteroatoms. The summed E-state index contributed by atoms with van der Waals surface area (Å²) in [6, 6.07) is 32.6. The summed E-state index contributed by atoms with van der Waals surface area (Å²) >= 11 is 0. The van der Waals surface area contributed by atoms with Crippen molar-refractivity contribution in [1.82, 2.24) is 10.6 Å². The Hall–Kier alpha value is -5.44. The summed E-state index contributed by atoms with van der Waals surface area (Å²) < 4.78 is 10.0. The van der Waals surface area contributed by atoms with Crippen LogP contribution in [0.5, 0.6) is 0 Å². The number of anilines is 1. The number of aryl methyl sites for hydroxylation is 1. The van der Waals surface area contributed by atoms with Gasteiger partial charge in [-0.2, -0.15) is 0 Å². The minimum Gasteiger partial charge on any atom is -0.469 e. The maximum Gasteiger partial charge on any atom is 0.407 e. The van der Waals surface area contributed by atoms with Crippen molar-refractivity contribution in [2.24, 2.45) is 0 Å². The lowest BCUT2D eigenvalue weighted by Crippen LogP contribution is -2.44. The van der Waals surface area contributed by atoms with Crippen LogP contribution in [0.1, 0.15) is 40.7 Å². The zero-order chi connectivity index (χ0) is 31.9. The van der Waals surface area contributed by atoms with E-state index in [-0.39, 0.29) is 32.0 Å². The van der Waals surface area contributed by atoms with Gasteiger partial charge < -0.3 is 25.4 Å². The average molecular weight is 608 g/mol. The fourth-order valence-electron chi connectivity index (χ4n) is 4.64. The van der Waals surface area contributed by atoms with Crippen LogP contribution in [-0.4, -0.2) is 43.6 Å². The molecule has 45 heavy (non-hydrogen) atoms. The van der Waals surface area contributed by atoms with E-state index in [0.29, 0.717) is 24.1 Å². The van der Waals surface area contributed by atoms with Crippen molar-refractivity contribution in [2.45, 2.75) is 38.3 Å². The second-order valence-electron chi connectivity index (χ2n) is 10.3. The van der Waals surface area contributed by atoms with Crippen molar-refractivity contribution in [2.75, 3.05) is 19.0 Å². The van der Waals surface area contributed by atoms with Crippen LogP contribution in [0, 0.1) is 0 Å². The van der Waals surface area contributed by atoms with Gasteiger partial charge in [0.15, 0.2) is 0 Å². The number of rotatable bonds is 14. The van der Waals surface area contributed by atoms with E-state index < -0.39 is 23.9 Å². The number of carbonyl (C=O) groups excluding carboxylic acids is 4. The molecule has 3 N–H and O–H groups in total. The van der Waals surface area contributed by atoms with Crippen LogP contribution in [0.3, 0.4) is 0 Å². The molecule has 4 rings (SSSR count). The number of amides is 3. The van der Waals surface area contributed by atoms with Crippen LogP contribution in [0.15, 0.2) is 109 Å². The molecule has 4 aromatic rings. The van der Waals surface area contributed by atoms with Gasteiger partial charge in [-0.15, -0.1) is 0 Å². The summed E-state index contributed by atoms with van der Waals surface area (Å²) in [5.74, 6) is -1.17. The van der Waals surface area contributed by atoms with Crippen LogP contribution in [0.25, 0.3) is 11.1 Å². The molecular weight excluding hydrogens is 570 g/mol. The van der Waals surface area contributed by atoms with E-state index in [9.17, 15) is 19.2 Å². The molecule has 4 aromatic carbocycles. The zero-order valence-corrected chi connectivity index (χ0v) is 25.2. The summed E-state index contributed by atoms with van der Waals surface area (Å²) in [4.78, 5) is 50.7. The topological polar surface area (TPSA) is 123 Å². The summed E-state index contributed by atoms with van der Waals surface area (Å²) in [5, 5.41) is 8.46. The molecule has 0 radical (unpaired) electrons. The van der Waals surface area contributed by atoms with Crippen LogP contribution in [0.4, 0.5) is 10.5 Å². The van der Waals surface area contributed by atoms with Gasteiger partial charge in [0.1, 0.15) is 12.6 Å². The SMILES string of the molecule is COC(=O)CCc1ccccc1NC(=O)[C@H](CCCNC(=O)OCc1ccccc1)NC(=O)c1ccc(-c2ccccc2)cc1. The number of methoxy groups -OCH3 is 1. The molecule has 0 unspecified atom stereocenters. The molecule has 9 nitrogen and oxygen atoms in total. The van der Waals surface area contributed by atoms with Gasteiger partial charge >= 0.3 is 12.1 Å². The molecule has 0 fully saturated rings. The van der Waals surface area contributed by atoms with Gasteiger partial charge in [-0.05, 0) is 59.7 Å². The quantitative estimate of drug-likeness (QED) is 0.121. The lowest BCUT2D eigenvalue weighted by molar-refractivity contribution is -0.140. The average Bonchev–Trinajstić information content (AvgIpc) is 3.08. The number of ether oxygens (including phenoxy) is 2. The molecule has 1 atom stereocenters. The summed E-state index contributed by atoms with van der Waals surface area (Å²) in [5.41, 5.74) is 4.59. The number of para-hydroxylation sites is 1. The first kappa shape index (κ1) is 32.5. The Morgan fingerprint density at radius 1 is 0.756 bits per heavy atom. The molecule has 232 valence electrons. The van der Waals surface area contributed by atoms with Crippen molar-refractivity contribution in [1.29, 1.82) is 0 Å². The van der Waals surface area contributed by atoms with E-state index in [1.165, 1.54) is 7.11 Å². The van der Waals surface area contributed by atoms with Gasteiger partial charge in [-0.25, -0.2) is 4.79 Å². The summed E-state index contributed by atoms with van der Waals surface area (Å²) in [7, 11) is 1.33. The second kappa shape index (κ2) is 17.0. The number of hydrogen-bond donors (Lipinski definition) is 3. The Balaban J connectivity index is 1.39. The summed E-state index contributed by atoms with van der Waals surface area (Å²) in [6.07, 6.45) is 0.623. The third-order valence-corrected chi connectivity index (χ3v) is 7.13. The van der Waals surface area contributed by atoms with E-state index in [1.54, 1.807) is 24.3 Å². The van der Waals surface area contributed by atoms with Gasteiger partial charge in [0, 0.05) is 24.2 Å². The Kier molecular flexibility index (Phi) is 12.3. The molecule has 0 bridgehead atoms. The molecule has 0 aliphatic heterocycles. The Labute approximate surface area is 263 Å². The monoisotopic (exact) mass is 607 g/mol. The predicted octanol–water partition coefficient (Wildman–Crippen LogP) is 5.90. The van der Waals surface area contributed by atoms with E-state index in [1.807, 2.05) is 84.9 Å². The van der Waals surface area contributed by atoms with Gasteiger partial charge in [0.2, 0.25) is 5.91 Å². The van der Waals surface area contributed by atoms with E-state index in [2.05, 4.69) is 16.0 Å². The van der Waals surface area contributed by atoms with Crippen molar-refractivity contribution >= 4 is 29.6 Å². The summed E-state index contributed by atoms with van der Waals surface area (Å²) in [6.45, 7) is 0.390. The lowest BCUT2D eigenvalue weighted by Gasteiger charge is -2.20. The first-order chi connectivity index (χ1) is 21.9. The molecule has 0 aliphatic carbocycles. The number of carbonyl (C=O) groups is 4. The standard InChI is InChI=1S/C36H37N3O6/c1-44-33(40)23-22-29-15-8-9-16-31(29)38-35(42)32(17-10-24-37-36(43)45-25-26-11-4-2-5-12-26)39-34(41)30-20-18-28(19-21-30)27-13-6-3-7-14-27/h2-9,11-16,18-21,32H,10,17,22-25H2,1H3,(H,37,43)(H,38,42)(H,39,41)/t32-/m0/s1. The fraction of sp³-hybridized carbons (Fsp3) is 0.222. The first-order valence-electron chi connectivity index (χ1n) is 14.8. The third kappa shape index (κ3) is 10.4. The highest BCUT2D eigenvalue weighted by Crippen LogP contribution is 2.20. The third-order valence-electron chi connectivity index (χ3n) is 7.13. The molecular formula is C36H37N3O6.